The number of carbonyl (C=O) groups is 5. The maximum atomic E-state index is 12.5. The van der Waals surface area contributed by atoms with Gasteiger partial charge in [0.2, 0.25) is 29.1 Å². The molecule has 7 aliphatic heterocycles. The van der Waals surface area contributed by atoms with E-state index in [0.717, 1.165) is 49.7 Å². The van der Waals surface area contributed by atoms with Crippen molar-refractivity contribution in [3.63, 3.8) is 0 Å². The first-order valence-electron chi connectivity index (χ1n) is 44.3. The van der Waals surface area contributed by atoms with Crippen molar-refractivity contribution in [3.8, 4) is 0 Å². The zero-order valence-corrected chi connectivity index (χ0v) is 79.3. The summed E-state index contributed by atoms with van der Waals surface area (Å²) in [5.74, 6) is -0.221. The molecule has 50 heteroatoms. The number of hydrogen-bond donors (Lipinski definition) is 10. The number of halogens is 1. The molecule has 0 radical (unpaired) electrons. The quantitative estimate of drug-likeness (QED) is 0.00970. The largest absolute Gasteiger partial charge is 0.432 e. The number of hydrogen-bond acceptors (Lipinski definition) is 37. The molecule has 2 amide bonds. The molecule has 11 N–H and O–H groups in total. The number of H-pyrrole nitrogens is 5. The Balaban J connectivity index is 0.000000213. The summed E-state index contributed by atoms with van der Waals surface area (Å²) in [6.07, 6.45) is -6.82. The van der Waals surface area contributed by atoms with Crippen molar-refractivity contribution in [3.05, 3.63) is 271 Å². The van der Waals surface area contributed by atoms with Crippen LogP contribution in [0.3, 0.4) is 0 Å². The number of likely N-dealkylation sites (N-methyl/N-ethyl adjacent to an activating group) is 2. The van der Waals surface area contributed by atoms with Crippen molar-refractivity contribution in [1.82, 2.24) is 57.9 Å². The van der Waals surface area contributed by atoms with Crippen LogP contribution in [0.25, 0.3) is 0 Å². The van der Waals surface area contributed by atoms with E-state index in [9.17, 15) is 82.1 Å². The number of alkyl halides is 1. The Morgan fingerprint density at radius 3 is 1.06 bits per heavy atom. The van der Waals surface area contributed by atoms with Crippen molar-refractivity contribution in [2.45, 2.75) is 236 Å². The standard InChI is InChI=1S/C21H26N2O7.C20H23N3O7.C19H23N3O7.C14H19N3O5.C12H15N3O7.CH3Cl.2CH4O/c1-4-21(29-13-24)17(28-12-15-9-7-6-8-10-15)16(27-5-2)19(30-21)23-11-14(3)18(25)22-20(23)26;1-4-20(28-12-24)16(27-11-14-8-6-5-7-9-14)15(30-21-3)18(29-20)23-10-13(2)17(25)22-19(23)26;1-3-19(27-11-23)15(26-10-13-7-5-4-6-8-13)14(29-20)17(28-19)22-9-12(2)16(24)21-18(22)25;1-5-14-8(3)9(22-16(4)12(14)19)11(21-14)17-6-7(2)10(18)15-13(17)20;1-5-3-15(11(20)13-8(5)18)9-6-7(17)12(4-16,21-9)10(19)14(2)22-6;3*1-2/h6-11,13,16-17,19H,4-5,12H2,1-3H3,(H,22,25,26);5-10,12,15-16,18H,3-4,11H2,1-2H3,(H,22,25,26);4-9,11,14-15,17H,3,10,20H2,1-2H3,(H,21,24,25);6,8-9,11H,5H2,1-4H3,(H,15,18,20);3,6-7,9,16-17H,4H2,1-2H3,(H,13,18,20);1H3;2*2H,1H3/t16-,17?,19+,21+;15-,16?,18+,20+;14-,15?,17+,19+;8?,9-,11+,14+;6-,7?,9+,12+;;;/m00000.../s1/i;;;;;1TD;;. The second-order valence-electron chi connectivity index (χ2n) is 31.7. The summed E-state index contributed by atoms with van der Waals surface area (Å²) in [4.78, 5) is 210. The number of carbonyl (C=O) groups excluding carboxylic acids is 5. The van der Waals surface area contributed by atoms with Crippen LogP contribution in [0.15, 0.2) is 175 Å². The normalized spacial score (nSPS) is 28.0. The van der Waals surface area contributed by atoms with Crippen LogP contribution < -0.4 is 62.1 Å². The van der Waals surface area contributed by atoms with Crippen LogP contribution in [-0.2, 0) is 120 Å². The predicted molar refractivity (Wildman–Crippen MR) is 487 cm³/mol. The molecular formula is C89H117ClN14O35. The van der Waals surface area contributed by atoms with Gasteiger partial charge in [-0.2, -0.15) is 0 Å². The van der Waals surface area contributed by atoms with E-state index in [1.807, 2.05) is 105 Å². The molecule has 5 aromatic heterocycles. The van der Waals surface area contributed by atoms with E-state index in [4.69, 9.17) is 95.0 Å². The zero-order chi connectivity index (χ0) is 105. The highest BCUT2D eigenvalue weighted by Gasteiger charge is 2.68. The van der Waals surface area contributed by atoms with Gasteiger partial charge in [-0.3, -0.25) is 110 Å². The summed E-state index contributed by atoms with van der Waals surface area (Å²) < 4.78 is 87.5. The first-order chi connectivity index (χ1) is 67.2. The van der Waals surface area contributed by atoms with Crippen molar-refractivity contribution >= 4 is 49.5 Å². The van der Waals surface area contributed by atoms with Crippen LogP contribution in [0.1, 0.15) is 146 Å². The third-order valence-corrected chi connectivity index (χ3v) is 23.7. The number of rotatable bonds is 30. The number of amides is 2. The number of fused-ring (bicyclic) bond motifs is 4. The topological polar surface area (TPSA) is 633 Å². The fourth-order valence-electron chi connectivity index (χ4n) is 16.5. The molecule has 6 unspecified atom stereocenters. The zero-order valence-electron chi connectivity index (χ0n) is 80.6. The van der Waals surface area contributed by atoms with Gasteiger partial charge in [0.15, 0.2) is 67.3 Å². The predicted octanol–water partition coefficient (Wildman–Crippen LogP) is 0.621. The highest BCUT2D eigenvalue weighted by Crippen LogP contribution is 2.51. The van der Waals surface area contributed by atoms with Gasteiger partial charge in [-0.15, -0.1) is 16.8 Å². The molecule has 49 nitrogen and oxygen atoms in total. The van der Waals surface area contributed by atoms with Gasteiger partial charge < -0.3 is 82.1 Å². The molecule has 3 aromatic carbocycles. The first-order valence-corrected chi connectivity index (χ1v) is 43.6. The maximum absolute atomic E-state index is 12.5. The molecular weight excluding hydrogens is 1860 g/mol. The van der Waals surface area contributed by atoms with Gasteiger partial charge in [-0.1, -0.05) is 126 Å². The van der Waals surface area contributed by atoms with Gasteiger partial charge in [-0.05, 0) is 64.7 Å². The van der Waals surface area contributed by atoms with Gasteiger partial charge >= 0.3 is 28.4 Å². The monoisotopic (exact) mass is 1980 g/mol. The molecule has 7 aliphatic rings. The smallest absolute Gasteiger partial charge is 0.330 e. The summed E-state index contributed by atoms with van der Waals surface area (Å²) in [6.45, 7) is 22.8. The summed E-state index contributed by atoms with van der Waals surface area (Å²) in [5.41, 5.74) is -4.62. The minimum atomic E-state index is -1.90. The number of aromatic nitrogens is 10. The van der Waals surface area contributed by atoms with E-state index in [-0.39, 0.29) is 80.5 Å². The Bertz CT molecular complexity index is 6060. The summed E-state index contributed by atoms with van der Waals surface area (Å²) in [7, 11) is 4.86. The van der Waals surface area contributed by atoms with Gasteiger partial charge in [0.25, 0.3) is 59.0 Å². The van der Waals surface area contributed by atoms with Gasteiger partial charge in [0, 0.05) is 135 Å². The van der Waals surface area contributed by atoms with E-state index >= 15 is 0 Å². The van der Waals surface area contributed by atoms with Crippen LogP contribution in [0, 0.1) is 40.5 Å². The molecule has 0 spiro atoms. The number of hydroxylamine groups is 4. The van der Waals surface area contributed by atoms with E-state index in [1.54, 1.807) is 55.4 Å². The number of nitrogens with two attached hydrogens (primary N) is 1. The van der Waals surface area contributed by atoms with Crippen LogP contribution in [0.5, 0.6) is 0 Å². The Kier molecular flexibility index (Phi) is 38.9. The lowest BCUT2D eigenvalue weighted by atomic mass is 9.83. The second-order valence-corrected chi connectivity index (χ2v) is 31.7. The molecule has 0 aliphatic carbocycles. The number of nitrogens with zero attached hydrogens (tertiary/aromatic N) is 8. The Morgan fingerprint density at radius 2 is 0.755 bits per heavy atom. The van der Waals surface area contributed by atoms with Gasteiger partial charge in [0.1, 0.15) is 18.3 Å². The highest BCUT2D eigenvalue weighted by molar-refractivity contribution is 6.15. The number of aryl methyl sites for hydroxylation is 5. The SMILES string of the molecule is C=NO[C@H]1C(OCc2ccccc2)[C@](CC)(OC=O)O[C@H]1n1cc(C)c(=O)[nH]c1=O.CCO[C@H]1C(OCc2ccccc2)[C@](CC)(OC=O)O[C@H]1n1cc(C)c(=O)[nH]c1=O.CC[C@@]1(OC=O)O[C@@H](n2cc(C)c(=O)[nH]c2=O)[C@@H](ON)C1OCc1ccccc1.CC[C@]12O[C@@H](n3cc(C)c(=O)[nH]c3=O)[C@@H](ON(C)C1=O)C2C.CO.CO.Cc1cn([C@@H]2O[C@@]3(CO)C(=O)N(C)O[C@H]2C3O)c(=O)[nH]c1=O.[2H]C([3H])Cl. The molecule has 139 heavy (non-hydrogen) atoms. The van der Waals surface area contributed by atoms with Crippen molar-refractivity contribution in [2.24, 2.45) is 17.0 Å². The molecule has 4 bridgehead atoms. The van der Waals surface area contributed by atoms with E-state index < -0.39 is 190 Å². The molecule has 760 valence electrons. The number of aromatic amines is 5. The molecule has 8 aromatic rings. The lowest BCUT2D eigenvalue weighted by molar-refractivity contribution is -0.258. The van der Waals surface area contributed by atoms with Crippen LogP contribution in [0.4, 0.5) is 0 Å². The van der Waals surface area contributed by atoms with Crippen molar-refractivity contribution < 1.29 is 123 Å². The third-order valence-electron chi connectivity index (χ3n) is 23.7. The molecule has 12 heterocycles. The van der Waals surface area contributed by atoms with Crippen LogP contribution in [0.2, 0.25) is 0 Å². The number of benzene rings is 3. The van der Waals surface area contributed by atoms with E-state index in [1.165, 1.54) is 66.2 Å². The van der Waals surface area contributed by atoms with Gasteiger partial charge in [0.05, 0.1) is 26.4 Å². The van der Waals surface area contributed by atoms with Crippen LogP contribution >= 0.6 is 11.6 Å². The molecule has 7 saturated heterocycles. The summed E-state index contributed by atoms with van der Waals surface area (Å²) in [6, 6.07) is 28.2. The molecule has 7 fully saturated rings. The maximum Gasteiger partial charge on any atom is 0.330 e. The fraction of sp³-hybridized carbons (Fsp3) is 0.506. The van der Waals surface area contributed by atoms with E-state index in [2.05, 4.69) is 48.4 Å². The minimum absolute atomic E-state index is 0.169. The van der Waals surface area contributed by atoms with E-state index in [0.29, 0.717) is 30.6 Å². The third kappa shape index (κ3) is 23.6. The fourth-order valence-corrected chi connectivity index (χ4v) is 16.5. The lowest BCUT2D eigenvalue weighted by Gasteiger charge is -2.38. The summed E-state index contributed by atoms with van der Waals surface area (Å²) >= 11 is 4.61. The highest BCUT2D eigenvalue weighted by atomic mass is 35.5. The number of nitrogens with one attached hydrogen (secondary N) is 5. The number of aliphatic hydroxyl groups excluding tert-OH is 4. The first kappa shape index (κ1) is 109. The Labute approximate surface area is 799 Å². The molecule has 21 atom stereocenters. The van der Waals surface area contributed by atoms with Crippen molar-refractivity contribution in [1.29, 1.82) is 0 Å². The average molecular weight is 1980 g/mol. The second kappa shape index (κ2) is 49.9. The van der Waals surface area contributed by atoms with Crippen LogP contribution in [-0.4, -0.2) is 248 Å². The minimum Gasteiger partial charge on any atom is -0.432 e. The molecule has 15 rings (SSSR count). The Morgan fingerprint density at radius 1 is 0.468 bits per heavy atom. The Hall–Kier alpha value is -12.5. The molecule has 0 saturated carbocycles. The number of ether oxygens (including phenoxy) is 12. The van der Waals surface area contributed by atoms with Crippen molar-refractivity contribution in [2.75, 3.05) is 47.9 Å². The summed E-state index contributed by atoms with van der Waals surface area (Å²) in [5, 5.41) is 39.3. The number of aliphatic hydroxyl groups is 4. The lowest BCUT2D eigenvalue weighted by Crippen LogP contribution is -2.62. The van der Waals surface area contributed by atoms with Gasteiger partial charge in [-0.25, -0.2) is 40.0 Å². The number of oxime groups is 1. The average Bonchev–Trinajstić information content (AvgIpc) is 1.56.